The lowest BCUT2D eigenvalue weighted by Gasteiger charge is -2.06. The van der Waals surface area contributed by atoms with Gasteiger partial charge in [0.25, 0.3) is 0 Å². The number of rotatable bonds is 3. The Hall–Kier alpha value is -1.96. The van der Waals surface area contributed by atoms with Crippen LogP contribution in [0, 0.1) is 26.6 Å². The van der Waals surface area contributed by atoms with Gasteiger partial charge in [0, 0.05) is 6.42 Å². The van der Waals surface area contributed by atoms with Gasteiger partial charge in [-0.05, 0) is 55.2 Å². The second-order valence-corrected chi connectivity index (χ2v) is 5.00. The van der Waals surface area contributed by atoms with Gasteiger partial charge in [0.2, 0.25) is 0 Å². The molecule has 98 valence electrons. The summed E-state index contributed by atoms with van der Waals surface area (Å²) in [7, 11) is 0. The Balaban J connectivity index is 2.23. The van der Waals surface area contributed by atoms with Gasteiger partial charge in [-0.2, -0.15) is 0 Å². The molecular weight excluding hydrogens is 239 g/mol. The molecule has 0 aliphatic carbocycles. The SMILES string of the molecule is Cc1ccc(C(=O)Cc2ccc(C)c(C)c2)c(F)c1. The van der Waals surface area contributed by atoms with Crippen molar-refractivity contribution in [1.82, 2.24) is 0 Å². The van der Waals surface area contributed by atoms with Gasteiger partial charge in [0.05, 0.1) is 5.56 Å². The third-order valence-corrected chi connectivity index (χ3v) is 3.36. The number of aryl methyl sites for hydroxylation is 3. The molecular formula is C17H17FO. The standard InChI is InChI=1S/C17H17FO/c1-11-4-7-15(16(18)8-11)17(19)10-14-6-5-12(2)13(3)9-14/h4-9H,10H2,1-3H3. The van der Waals surface area contributed by atoms with Crippen LogP contribution in [0.5, 0.6) is 0 Å². The number of ketones is 1. The minimum Gasteiger partial charge on any atom is -0.294 e. The van der Waals surface area contributed by atoms with E-state index < -0.39 is 5.82 Å². The third kappa shape index (κ3) is 3.08. The highest BCUT2D eigenvalue weighted by atomic mass is 19.1. The molecule has 19 heavy (non-hydrogen) atoms. The van der Waals surface area contributed by atoms with Gasteiger partial charge in [-0.25, -0.2) is 4.39 Å². The maximum Gasteiger partial charge on any atom is 0.170 e. The van der Waals surface area contributed by atoms with Crippen molar-refractivity contribution in [1.29, 1.82) is 0 Å². The molecule has 0 atom stereocenters. The van der Waals surface area contributed by atoms with Gasteiger partial charge < -0.3 is 0 Å². The summed E-state index contributed by atoms with van der Waals surface area (Å²) in [5, 5.41) is 0. The first-order chi connectivity index (χ1) is 8.97. The zero-order chi connectivity index (χ0) is 14.0. The first kappa shape index (κ1) is 13.5. The molecule has 0 radical (unpaired) electrons. The van der Waals surface area contributed by atoms with Crippen LogP contribution in [-0.2, 0) is 6.42 Å². The van der Waals surface area contributed by atoms with Crippen molar-refractivity contribution < 1.29 is 9.18 Å². The van der Waals surface area contributed by atoms with E-state index in [2.05, 4.69) is 0 Å². The average molecular weight is 256 g/mol. The fourth-order valence-corrected chi connectivity index (χ4v) is 2.04. The second-order valence-electron chi connectivity index (χ2n) is 5.00. The predicted molar refractivity (Wildman–Crippen MR) is 75.1 cm³/mol. The van der Waals surface area contributed by atoms with Crippen LogP contribution in [0.2, 0.25) is 0 Å². The van der Waals surface area contributed by atoms with E-state index in [1.54, 1.807) is 19.1 Å². The van der Waals surface area contributed by atoms with Crippen LogP contribution in [0.1, 0.15) is 32.6 Å². The molecule has 0 aromatic heterocycles. The summed E-state index contributed by atoms with van der Waals surface area (Å²) in [5.41, 5.74) is 4.25. The number of benzene rings is 2. The minimum absolute atomic E-state index is 0.170. The quantitative estimate of drug-likeness (QED) is 0.753. The topological polar surface area (TPSA) is 17.1 Å². The van der Waals surface area contributed by atoms with Gasteiger partial charge in [-0.1, -0.05) is 24.3 Å². The molecule has 0 spiro atoms. The van der Waals surface area contributed by atoms with E-state index in [4.69, 9.17) is 0 Å². The number of carbonyl (C=O) groups excluding carboxylic acids is 1. The van der Waals surface area contributed by atoms with E-state index in [0.717, 1.165) is 16.7 Å². The fraction of sp³-hybridized carbons (Fsp3) is 0.235. The van der Waals surface area contributed by atoms with E-state index in [1.165, 1.54) is 11.6 Å². The molecule has 0 saturated carbocycles. The number of halogens is 1. The van der Waals surface area contributed by atoms with Gasteiger partial charge in [0.1, 0.15) is 5.82 Å². The van der Waals surface area contributed by atoms with Crippen molar-refractivity contribution in [3.8, 4) is 0 Å². The van der Waals surface area contributed by atoms with E-state index in [0.29, 0.717) is 0 Å². The van der Waals surface area contributed by atoms with Crippen molar-refractivity contribution in [3.05, 3.63) is 70.0 Å². The zero-order valence-corrected chi connectivity index (χ0v) is 11.5. The van der Waals surface area contributed by atoms with Crippen molar-refractivity contribution in [2.24, 2.45) is 0 Å². The van der Waals surface area contributed by atoms with Crippen molar-refractivity contribution >= 4 is 5.78 Å². The van der Waals surface area contributed by atoms with Crippen LogP contribution in [0.3, 0.4) is 0 Å². The molecule has 0 saturated heterocycles. The Kier molecular flexibility index (Phi) is 3.79. The van der Waals surface area contributed by atoms with E-state index in [-0.39, 0.29) is 17.8 Å². The lowest BCUT2D eigenvalue weighted by molar-refractivity contribution is 0.0989. The van der Waals surface area contributed by atoms with Crippen molar-refractivity contribution in [2.75, 3.05) is 0 Å². The van der Waals surface area contributed by atoms with Crippen LogP contribution < -0.4 is 0 Å². The maximum atomic E-state index is 13.7. The Labute approximate surface area is 113 Å². The van der Waals surface area contributed by atoms with Crippen molar-refractivity contribution in [2.45, 2.75) is 27.2 Å². The molecule has 0 bridgehead atoms. The Morgan fingerprint density at radius 2 is 1.74 bits per heavy atom. The summed E-state index contributed by atoms with van der Waals surface area (Å²) in [6.07, 6.45) is 0.237. The van der Waals surface area contributed by atoms with Gasteiger partial charge in [-0.15, -0.1) is 0 Å². The molecule has 2 rings (SSSR count). The van der Waals surface area contributed by atoms with Gasteiger partial charge in [-0.3, -0.25) is 4.79 Å². The highest BCUT2D eigenvalue weighted by molar-refractivity contribution is 5.97. The first-order valence-corrected chi connectivity index (χ1v) is 6.33. The highest BCUT2D eigenvalue weighted by Gasteiger charge is 2.12. The zero-order valence-electron chi connectivity index (χ0n) is 11.5. The largest absolute Gasteiger partial charge is 0.294 e. The number of Topliss-reactive ketones (excluding diaryl/α,β-unsaturated/α-hetero) is 1. The van der Waals surface area contributed by atoms with Crippen LogP contribution >= 0.6 is 0 Å². The molecule has 0 unspecified atom stereocenters. The molecule has 0 amide bonds. The molecule has 1 nitrogen and oxygen atoms in total. The second kappa shape index (κ2) is 5.35. The number of carbonyl (C=O) groups is 1. The van der Waals surface area contributed by atoms with E-state index in [1.807, 2.05) is 32.0 Å². The van der Waals surface area contributed by atoms with Crippen LogP contribution in [0.15, 0.2) is 36.4 Å². The van der Waals surface area contributed by atoms with Gasteiger partial charge in [0.15, 0.2) is 5.78 Å². The summed E-state index contributed by atoms with van der Waals surface area (Å²) in [4.78, 5) is 12.1. The summed E-state index contributed by atoms with van der Waals surface area (Å²) in [6.45, 7) is 5.84. The normalized spacial score (nSPS) is 10.5. The molecule has 0 aliphatic heterocycles. The Morgan fingerprint density at radius 3 is 2.37 bits per heavy atom. The highest BCUT2D eigenvalue weighted by Crippen LogP contribution is 2.15. The average Bonchev–Trinajstić information content (AvgIpc) is 2.33. The monoisotopic (exact) mass is 256 g/mol. The summed E-state index contributed by atoms with van der Waals surface area (Å²) >= 11 is 0. The van der Waals surface area contributed by atoms with E-state index in [9.17, 15) is 9.18 Å². The number of hydrogen-bond donors (Lipinski definition) is 0. The molecule has 2 aromatic carbocycles. The Morgan fingerprint density at radius 1 is 1.00 bits per heavy atom. The van der Waals surface area contributed by atoms with Crippen LogP contribution in [0.4, 0.5) is 4.39 Å². The maximum absolute atomic E-state index is 13.7. The summed E-state index contributed by atoms with van der Waals surface area (Å²) < 4.78 is 13.7. The predicted octanol–water partition coefficient (Wildman–Crippen LogP) is 4.18. The van der Waals surface area contributed by atoms with Gasteiger partial charge >= 0.3 is 0 Å². The summed E-state index contributed by atoms with van der Waals surface area (Å²) in [5.74, 6) is -0.616. The van der Waals surface area contributed by atoms with Crippen LogP contribution in [0.25, 0.3) is 0 Å². The summed E-state index contributed by atoms with van der Waals surface area (Å²) in [6, 6.07) is 10.6. The molecule has 2 heteroatoms. The molecule has 2 aromatic rings. The molecule has 0 N–H and O–H groups in total. The van der Waals surface area contributed by atoms with Crippen molar-refractivity contribution in [3.63, 3.8) is 0 Å². The molecule has 0 heterocycles. The smallest absolute Gasteiger partial charge is 0.170 e. The Bertz CT molecular complexity index is 629. The molecule has 0 fully saturated rings. The molecule has 0 aliphatic rings. The lowest BCUT2D eigenvalue weighted by atomic mass is 9.99. The third-order valence-electron chi connectivity index (χ3n) is 3.36. The fourth-order valence-electron chi connectivity index (χ4n) is 2.04. The van der Waals surface area contributed by atoms with Crippen LogP contribution in [-0.4, -0.2) is 5.78 Å². The lowest BCUT2D eigenvalue weighted by Crippen LogP contribution is -2.06. The number of hydrogen-bond acceptors (Lipinski definition) is 1. The van der Waals surface area contributed by atoms with E-state index >= 15 is 0 Å². The first-order valence-electron chi connectivity index (χ1n) is 6.33. The minimum atomic E-state index is -0.436.